The number of halogens is 4. The second kappa shape index (κ2) is 9.14. The lowest BCUT2D eigenvalue weighted by Gasteiger charge is -2.25. The maximum Gasteiger partial charge on any atom is 0.434 e. The van der Waals surface area contributed by atoms with Crippen LogP contribution >= 0.6 is 11.6 Å². The van der Waals surface area contributed by atoms with Gasteiger partial charge in [0.15, 0.2) is 5.69 Å². The lowest BCUT2D eigenvalue weighted by molar-refractivity contribution is -0.141. The molecule has 1 amide bonds. The number of alkyl halides is 3. The molecule has 0 radical (unpaired) electrons. The topological polar surface area (TPSA) is 66.3 Å². The molecule has 0 aliphatic carbocycles. The first kappa shape index (κ1) is 21.1. The first-order valence-corrected chi connectivity index (χ1v) is 8.67. The summed E-state index contributed by atoms with van der Waals surface area (Å²) in [6.07, 6.45) is -0.979. The molecule has 0 aromatic carbocycles. The molecule has 0 saturated heterocycles. The largest absolute Gasteiger partial charge is 0.434 e. The lowest BCUT2D eigenvalue weighted by Crippen LogP contribution is -2.36. The minimum Gasteiger partial charge on any atom is -0.386 e. The molecular formula is C18H19ClF3N3O2. The van der Waals surface area contributed by atoms with E-state index in [0.29, 0.717) is 18.5 Å². The zero-order chi connectivity index (χ0) is 20.0. The first-order chi connectivity index (χ1) is 12.7. The first-order valence-electron chi connectivity index (χ1n) is 8.29. The molecule has 2 aromatic heterocycles. The zero-order valence-electron chi connectivity index (χ0n) is 14.6. The van der Waals surface area contributed by atoms with Crippen LogP contribution in [-0.2, 0) is 17.4 Å². The second-order valence-corrected chi connectivity index (χ2v) is 6.40. The summed E-state index contributed by atoms with van der Waals surface area (Å²) in [6.45, 7) is 2.34. The van der Waals surface area contributed by atoms with Crippen molar-refractivity contribution in [3.8, 4) is 0 Å². The van der Waals surface area contributed by atoms with E-state index >= 15 is 0 Å². The van der Waals surface area contributed by atoms with E-state index < -0.39 is 23.0 Å². The molecule has 1 N–H and O–H groups in total. The maximum absolute atomic E-state index is 12.7. The molecule has 27 heavy (non-hydrogen) atoms. The number of amides is 1. The third-order valence-corrected chi connectivity index (χ3v) is 4.12. The van der Waals surface area contributed by atoms with Crippen molar-refractivity contribution in [3.63, 3.8) is 0 Å². The Balaban J connectivity index is 2.09. The molecule has 0 spiro atoms. The van der Waals surface area contributed by atoms with Gasteiger partial charge in [-0.05, 0) is 24.1 Å². The van der Waals surface area contributed by atoms with Gasteiger partial charge >= 0.3 is 6.18 Å². The molecule has 2 aromatic rings. The third kappa shape index (κ3) is 5.90. The minimum absolute atomic E-state index is 0.0557. The van der Waals surface area contributed by atoms with Gasteiger partial charge in [-0.15, -0.1) is 0 Å². The molecule has 146 valence electrons. The quantitative estimate of drug-likeness (QED) is 0.768. The second-order valence-electron chi connectivity index (χ2n) is 5.99. The molecule has 1 unspecified atom stereocenters. The summed E-state index contributed by atoms with van der Waals surface area (Å²) >= 11 is 5.65. The Bertz CT molecular complexity index is 772. The van der Waals surface area contributed by atoms with Gasteiger partial charge in [-0.3, -0.25) is 14.8 Å². The molecule has 5 nitrogen and oxygen atoms in total. The van der Waals surface area contributed by atoms with Crippen molar-refractivity contribution in [3.05, 3.63) is 58.6 Å². The van der Waals surface area contributed by atoms with Gasteiger partial charge in [0.1, 0.15) is 0 Å². The fourth-order valence-corrected chi connectivity index (χ4v) is 2.84. The normalized spacial score (nSPS) is 12.7. The van der Waals surface area contributed by atoms with Crippen molar-refractivity contribution in [2.75, 3.05) is 13.1 Å². The van der Waals surface area contributed by atoms with Crippen LogP contribution in [0.2, 0.25) is 5.02 Å². The Morgan fingerprint density at radius 3 is 2.67 bits per heavy atom. The third-order valence-electron chi connectivity index (χ3n) is 3.83. The summed E-state index contributed by atoms with van der Waals surface area (Å²) in [7, 11) is 0. The van der Waals surface area contributed by atoms with Gasteiger partial charge in [-0.1, -0.05) is 24.6 Å². The van der Waals surface area contributed by atoms with Gasteiger partial charge in [0, 0.05) is 30.7 Å². The number of carbonyl (C=O) groups excluding carboxylic acids is 1. The molecule has 0 bridgehead atoms. The fraction of sp³-hybridized carbons (Fsp3) is 0.389. The number of aliphatic hydroxyl groups is 1. The molecule has 0 aliphatic heterocycles. The van der Waals surface area contributed by atoms with E-state index in [0.717, 1.165) is 12.3 Å². The highest BCUT2D eigenvalue weighted by atomic mass is 35.5. The highest BCUT2D eigenvalue weighted by molar-refractivity contribution is 6.31. The smallest absolute Gasteiger partial charge is 0.386 e. The fourth-order valence-electron chi connectivity index (χ4n) is 2.54. The number of hydrogen-bond donors (Lipinski definition) is 1. The monoisotopic (exact) mass is 401 g/mol. The van der Waals surface area contributed by atoms with Gasteiger partial charge in [0.25, 0.3) is 0 Å². The Morgan fingerprint density at radius 1 is 1.37 bits per heavy atom. The van der Waals surface area contributed by atoms with Crippen molar-refractivity contribution in [2.45, 2.75) is 32.0 Å². The van der Waals surface area contributed by atoms with Crippen molar-refractivity contribution in [1.82, 2.24) is 14.9 Å². The number of carbonyl (C=O) groups is 1. The number of pyridine rings is 2. The van der Waals surface area contributed by atoms with E-state index in [-0.39, 0.29) is 24.4 Å². The van der Waals surface area contributed by atoms with Crippen LogP contribution in [0.25, 0.3) is 0 Å². The summed E-state index contributed by atoms with van der Waals surface area (Å²) in [5.74, 6) is -0.336. The van der Waals surface area contributed by atoms with E-state index in [4.69, 9.17) is 11.6 Å². The Morgan fingerprint density at radius 2 is 2.11 bits per heavy atom. The van der Waals surface area contributed by atoms with Crippen LogP contribution in [0.15, 0.2) is 36.8 Å². The van der Waals surface area contributed by atoms with Crippen LogP contribution in [0.5, 0.6) is 0 Å². The van der Waals surface area contributed by atoms with E-state index in [1.54, 1.807) is 18.3 Å². The molecule has 9 heteroatoms. The van der Waals surface area contributed by atoms with E-state index in [9.17, 15) is 23.1 Å². The maximum atomic E-state index is 12.7. The van der Waals surface area contributed by atoms with Crippen molar-refractivity contribution in [1.29, 1.82) is 0 Å². The Labute approximate surface area is 159 Å². The summed E-state index contributed by atoms with van der Waals surface area (Å²) in [5.41, 5.74) is -0.335. The number of rotatable bonds is 7. The summed E-state index contributed by atoms with van der Waals surface area (Å²) in [6, 6.07) is 4.48. The van der Waals surface area contributed by atoms with Crippen molar-refractivity contribution >= 4 is 17.5 Å². The molecule has 0 fully saturated rings. The highest BCUT2D eigenvalue weighted by Crippen LogP contribution is 2.33. The van der Waals surface area contributed by atoms with Gasteiger partial charge in [0.05, 0.1) is 24.1 Å². The summed E-state index contributed by atoms with van der Waals surface area (Å²) in [5, 5.41) is 9.76. The molecule has 2 rings (SSSR count). The van der Waals surface area contributed by atoms with Crippen LogP contribution in [0, 0.1) is 0 Å². The predicted molar refractivity (Wildman–Crippen MR) is 94.0 cm³/mol. The van der Waals surface area contributed by atoms with Crippen LogP contribution in [0.4, 0.5) is 13.2 Å². The molecular weight excluding hydrogens is 383 g/mol. The highest BCUT2D eigenvalue weighted by Gasteiger charge is 2.35. The van der Waals surface area contributed by atoms with E-state index in [1.165, 1.54) is 11.1 Å². The van der Waals surface area contributed by atoms with Gasteiger partial charge in [-0.2, -0.15) is 13.2 Å². The van der Waals surface area contributed by atoms with E-state index in [2.05, 4.69) is 9.97 Å². The number of aromatic nitrogens is 2. The summed E-state index contributed by atoms with van der Waals surface area (Å²) in [4.78, 5) is 21.3. The van der Waals surface area contributed by atoms with Crippen molar-refractivity contribution in [2.24, 2.45) is 0 Å². The molecule has 1 atom stereocenters. The predicted octanol–water partition coefficient (Wildman–Crippen LogP) is 3.66. The average Bonchev–Trinajstić information content (AvgIpc) is 2.61. The molecule has 2 heterocycles. The van der Waals surface area contributed by atoms with Crippen LogP contribution in [0.3, 0.4) is 0 Å². The van der Waals surface area contributed by atoms with Crippen LogP contribution < -0.4 is 0 Å². The van der Waals surface area contributed by atoms with Crippen molar-refractivity contribution < 1.29 is 23.1 Å². The summed E-state index contributed by atoms with van der Waals surface area (Å²) < 4.78 is 38.2. The Kier molecular flexibility index (Phi) is 7.15. The minimum atomic E-state index is -4.65. The van der Waals surface area contributed by atoms with Gasteiger partial charge in [0.2, 0.25) is 5.91 Å². The molecule has 0 saturated carbocycles. The van der Waals surface area contributed by atoms with Gasteiger partial charge in [-0.25, -0.2) is 0 Å². The number of nitrogens with zero attached hydrogens (tertiary/aromatic N) is 3. The zero-order valence-corrected chi connectivity index (χ0v) is 15.3. The van der Waals surface area contributed by atoms with Crippen LogP contribution in [0.1, 0.15) is 36.3 Å². The van der Waals surface area contributed by atoms with E-state index in [1.807, 2.05) is 6.92 Å². The van der Waals surface area contributed by atoms with Gasteiger partial charge < -0.3 is 10.0 Å². The standard InChI is InChI=1S/C18H19ClF3N3O2/c1-2-6-25(11-15(26)13-4-3-5-23-10-13)16(27)8-12-7-14(19)17(24-9-12)18(20,21)22/h3-5,7,9-10,15,26H,2,6,8,11H2,1H3. The number of aliphatic hydroxyl groups excluding tert-OH is 1. The Hall–Kier alpha value is -2.19. The average molecular weight is 402 g/mol. The lowest BCUT2D eigenvalue weighted by atomic mass is 10.1. The molecule has 0 aliphatic rings. The number of hydrogen-bond acceptors (Lipinski definition) is 4. The van der Waals surface area contributed by atoms with Crippen LogP contribution in [-0.4, -0.2) is 39.0 Å². The SMILES string of the molecule is CCCN(CC(O)c1cccnc1)C(=O)Cc1cnc(C(F)(F)F)c(Cl)c1.